The Morgan fingerprint density at radius 3 is 2.74 bits per heavy atom. The van der Waals surface area contributed by atoms with Gasteiger partial charge in [0.25, 0.3) is 5.69 Å². The van der Waals surface area contributed by atoms with Gasteiger partial charge in [0.2, 0.25) is 0 Å². The SMILES string of the molecule is Cc1c(C(=O)O)nnn1-c1cc([N+](=O)[O-])ccc1Cl. The second kappa shape index (κ2) is 4.65. The molecule has 0 aliphatic rings. The van der Waals surface area contributed by atoms with E-state index in [1.54, 1.807) is 0 Å². The number of aromatic nitrogens is 3. The van der Waals surface area contributed by atoms with Crippen LogP contribution in [-0.2, 0) is 0 Å². The maximum atomic E-state index is 10.9. The molecule has 0 saturated heterocycles. The molecule has 0 fully saturated rings. The monoisotopic (exact) mass is 282 g/mol. The van der Waals surface area contributed by atoms with Gasteiger partial charge in [-0.3, -0.25) is 10.1 Å². The first-order valence-electron chi connectivity index (χ1n) is 5.01. The van der Waals surface area contributed by atoms with Gasteiger partial charge in [0.05, 0.1) is 21.3 Å². The van der Waals surface area contributed by atoms with Crippen LogP contribution in [0.25, 0.3) is 5.69 Å². The molecule has 0 atom stereocenters. The molecule has 0 spiro atoms. The summed E-state index contributed by atoms with van der Waals surface area (Å²) in [7, 11) is 0. The van der Waals surface area contributed by atoms with Crippen LogP contribution in [0.15, 0.2) is 18.2 Å². The van der Waals surface area contributed by atoms with E-state index in [-0.39, 0.29) is 27.8 Å². The fraction of sp³-hybridized carbons (Fsp3) is 0.100. The second-order valence-electron chi connectivity index (χ2n) is 3.63. The molecule has 1 aromatic heterocycles. The molecule has 0 radical (unpaired) electrons. The molecule has 0 aliphatic heterocycles. The molecule has 1 heterocycles. The van der Waals surface area contributed by atoms with Crippen molar-refractivity contribution in [1.82, 2.24) is 15.0 Å². The minimum absolute atomic E-state index is 0.175. The molecule has 1 N–H and O–H groups in total. The second-order valence-corrected chi connectivity index (χ2v) is 4.04. The molecule has 0 saturated carbocycles. The van der Waals surface area contributed by atoms with E-state index in [4.69, 9.17) is 16.7 Å². The molecule has 1 aromatic carbocycles. The first kappa shape index (κ1) is 13.0. The number of benzene rings is 1. The van der Waals surface area contributed by atoms with Crippen LogP contribution < -0.4 is 0 Å². The van der Waals surface area contributed by atoms with Gasteiger partial charge in [0.1, 0.15) is 0 Å². The largest absolute Gasteiger partial charge is 0.476 e. The Balaban J connectivity index is 2.61. The highest BCUT2D eigenvalue weighted by Crippen LogP contribution is 2.26. The molecular weight excluding hydrogens is 276 g/mol. The quantitative estimate of drug-likeness (QED) is 0.679. The van der Waals surface area contributed by atoms with Crippen molar-refractivity contribution >= 4 is 23.3 Å². The fourth-order valence-corrected chi connectivity index (χ4v) is 1.73. The average molecular weight is 283 g/mol. The molecule has 2 rings (SSSR count). The van der Waals surface area contributed by atoms with E-state index < -0.39 is 10.9 Å². The highest BCUT2D eigenvalue weighted by atomic mass is 35.5. The third-order valence-corrected chi connectivity index (χ3v) is 2.79. The minimum atomic E-state index is -1.23. The average Bonchev–Trinajstić information content (AvgIpc) is 2.71. The summed E-state index contributed by atoms with van der Waals surface area (Å²) in [6.45, 7) is 1.48. The Morgan fingerprint density at radius 1 is 1.53 bits per heavy atom. The van der Waals surface area contributed by atoms with Crippen LogP contribution >= 0.6 is 11.6 Å². The summed E-state index contributed by atoms with van der Waals surface area (Å²) in [4.78, 5) is 21.0. The first-order valence-corrected chi connectivity index (χ1v) is 5.39. The van der Waals surface area contributed by atoms with Crippen LogP contribution in [0.1, 0.15) is 16.2 Å². The van der Waals surface area contributed by atoms with Crippen molar-refractivity contribution in [2.24, 2.45) is 0 Å². The lowest BCUT2D eigenvalue weighted by atomic mass is 10.2. The smallest absolute Gasteiger partial charge is 0.358 e. The normalized spacial score (nSPS) is 10.4. The predicted octanol–water partition coefficient (Wildman–Crippen LogP) is 1.84. The number of hydrogen-bond donors (Lipinski definition) is 1. The Kier molecular flexibility index (Phi) is 3.17. The molecular formula is C10H7ClN4O4. The first-order chi connectivity index (χ1) is 8.91. The molecule has 0 bridgehead atoms. The molecule has 0 aliphatic carbocycles. The van der Waals surface area contributed by atoms with Crippen molar-refractivity contribution in [2.75, 3.05) is 0 Å². The van der Waals surface area contributed by atoms with E-state index in [1.165, 1.54) is 25.1 Å². The Hall–Kier alpha value is -2.48. The minimum Gasteiger partial charge on any atom is -0.476 e. The van der Waals surface area contributed by atoms with Crippen LogP contribution in [-0.4, -0.2) is 31.0 Å². The van der Waals surface area contributed by atoms with E-state index in [0.717, 1.165) is 4.68 Å². The van der Waals surface area contributed by atoms with Gasteiger partial charge in [0.15, 0.2) is 5.69 Å². The number of aromatic carboxylic acids is 1. The topological polar surface area (TPSA) is 111 Å². The number of carboxylic acids is 1. The molecule has 19 heavy (non-hydrogen) atoms. The Morgan fingerprint density at radius 2 is 2.21 bits per heavy atom. The molecule has 98 valence electrons. The third kappa shape index (κ3) is 2.25. The van der Waals surface area contributed by atoms with Crippen molar-refractivity contribution in [2.45, 2.75) is 6.92 Å². The molecule has 8 nitrogen and oxygen atoms in total. The molecule has 9 heteroatoms. The number of nitrogens with zero attached hydrogens (tertiary/aromatic N) is 4. The van der Waals surface area contributed by atoms with Crippen molar-refractivity contribution in [3.63, 3.8) is 0 Å². The fourth-order valence-electron chi connectivity index (χ4n) is 1.53. The van der Waals surface area contributed by atoms with Gasteiger partial charge >= 0.3 is 5.97 Å². The summed E-state index contributed by atoms with van der Waals surface area (Å²) in [5.41, 5.74) is 0.0250. The maximum Gasteiger partial charge on any atom is 0.358 e. The zero-order valence-electron chi connectivity index (χ0n) is 9.57. The number of rotatable bonds is 3. The Labute approximate surface area is 111 Å². The Bertz CT molecular complexity index is 682. The van der Waals surface area contributed by atoms with E-state index in [0.29, 0.717) is 0 Å². The maximum absolute atomic E-state index is 10.9. The number of nitro groups is 1. The highest BCUT2D eigenvalue weighted by Gasteiger charge is 2.19. The van der Waals surface area contributed by atoms with Gasteiger partial charge in [-0.2, -0.15) is 0 Å². The zero-order chi connectivity index (χ0) is 14.2. The van der Waals surface area contributed by atoms with Gasteiger partial charge < -0.3 is 5.11 Å². The van der Waals surface area contributed by atoms with Crippen LogP contribution in [0.3, 0.4) is 0 Å². The number of non-ortho nitro benzene ring substituents is 1. The highest BCUT2D eigenvalue weighted by molar-refractivity contribution is 6.32. The lowest BCUT2D eigenvalue weighted by Gasteiger charge is -2.05. The number of carboxylic acid groups (broad SMARTS) is 1. The lowest BCUT2D eigenvalue weighted by molar-refractivity contribution is -0.384. The summed E-state index contributed by atoms with van der Waals surface area (Å²) < 4.78 is 1.15. The van der Waals surface area contributed by atoms with E-state index in [1.807, 2.05) is 0 Å². The van der Waals surface area contributed by atoms with E-state index >= 15 is 0 Å². The van der Waals surface area contributed by atoms with Gasteiger partial charge in [0, 0.05) is 12.1 Å². The van der Waals surface area contributed by atoms with E-state index in [9.17, 15) is 14.9 Å². The van der Waals surface area contributed by atoms with Gasteiger partial charge in [-0.1, -0.05) is 16.8 Å². The van der Waals surface area contributed by atoms with Gasteiger partial charge in [-0.05, 0) is 13.0 Å². The lowest BCUT2D eigenvalue weighted by Crippen LogP contribution is -2.03. The summed E-state index contributed by atoms with van der Waals surface area (Å²) in [5, 5.41) is 26.9. The summed E-state index contributed by atoms with van der Waals surface area (Å²) in [5.74, 6) is -1.23. The number of carbonyl (C=O) groups is 1. The van der Waals surface area contributed by atoms with Gasteiger partial charge in [-0.25, -0.2) is 9.48 Å². The summed E-state index contributed by atoms with van der Waals surface area (Å²) in [6, 6.07) is 3.79. The van der Waals surface area contributed by atoms with Crippen LogP contribution in [0.5, 0.6) is 0 Å². The number of nitro benzene ring substituents is 1. The zero-order valence-corrected chi connectivity index (χ0v) is 10.3. The van der Waals surface area contributed by atoms with Gasteiger partial charge in [-0.15, -0.1) is 5.10 Å². The molecule has 0 unspecified atom stereocenters. The predicted molar refractivity (Wildman–Crippen MR) is 64.7 cm³/mol. The van der Waals surface area contributed by atoms with Crippen LogP contribution in [0.4, 0.5) is 5.69 Å². The van der Waals surface area contributed by atoms with Crippen LogP contribution in [0, 0.1) is 17.0 Å². The van der Waals surface area contributed by atoms with E-state index in [2.05, 4.69) is 10.3 Å². The van der Waals surface area contributed by atoms with Crippen molar-refractivity contribution < 1.29 is 14.8 Å². The number of hydrogen-bond acceptors (Lipinski definition) is 5. The molecule has 2 aromatic rings. The van der Waals surface area contributed by atoms with Crippen molar-refractivity contribution in [1.29, 1.82) is 0 Å². The summed E-state index contributed by atoms with van der Waals surface area (Å²) in [6.07, 6.45) is 0. The summed E-state index contributed by atoms with van der Waals surface area (Å²) >= 11 is 5.94. The van der Waals surface area contributed by atoms with Crippen molar-refractivity contribution in [3.8, 4) is 5.69 Å². The third-order valence-electron chi connectivity index (χ3n) is 2.47. The van der Waals surface area contributed by atoms with Crippen LogP contribution in [0.2, 0.25) is 5.02 Å². The molecule has 0 amide bonds. The van der Waals surface area contributed by atoms with Crippen molar-refractivity contribution in [3.05, 3.63) is 44.7 Å². The standard InChI is InChI=1S/C10H7ClN4O4/c1-5-9(10(16)17)12-13-14(5)8-4-6(15(18)19)2-3-7(8)11/h2-4H,1H3,(H,16,17). The number of halogens is 1.